The van der Waals surface area contributed by atoms with Crippen LogP contribution >= 0.6 is 11.6 Å². The zero-order valence-corrected chi connectivity index (χ0v) is 14.3. The lowest BCUT2D eigenvalue weighted by Gasteiger charge is -2.04. The Kier molecular flexibility index (Phi) is 5.09. The molecule has 0 aliphatic heterocycles. The van der Waals surface area contributed by atoms with Crippen molar-refractivity contribution in [2.24, 2.45) is 0 Å². The molecule has 0 bridgehead atoms. The maximum atomic E-state index is 13.1. The topological polar surface area (TPSA) is 70.7 Å². The molecule has 1 heterocycles. The van der Waals surface area contributed by atoms with Crippen LogP contribution < -0.4 is 5.32 Å². The Bertz CT molecular complexity index is 892. The molecule has 5 nitrogen and oxygen atoms in total. The number of benzene rings is 2. The molecule has 2 N–H and O–H groups in total. The molecule has 0 aliphatic rings. The van der Waals surface area contributed by atoms with E-state index in [1.54, 1.807) is 0 Å². The number of nitrogens with zero attached hydrogens (tertiary/aromatic N) is 2. The van der Waals surface area contributed by atoms with Crippen LogP contribution in [0.1, 0.15) is 22.8 Å². The highest BCUT2D eigenvalue weighted by Crippen LogP contribution is 2.19. The smallest absolute Gasteiger partial charge is 0.232 e. The lowest BCUT2D eigenvalue weighted by molar-refractivity contribution is -0.115. The number of hydrogen-bond acceptors (Lipinski definition) is 3. The van der Waals surface area contributed by atoms with E-state index in [-0.39, 0.29) is 17.4 Å². The van der Waals surface area contributed by atoms with Gasteiger partial charge in [-0.05, 0) is 30.7 Å². The Balaban J connectivity index is 1.59. The second kappa shape index (κ2) is 7.44. The summed E-state index contributed by atoms with van der Waals surface area (Å²) in [7, 11) is 0. The zero-order chi connectivity index (χ0) is 17.8. The van der Waals surface area contributed by atoms with Crippen molar-refractivity contribution in [2.45, 2.75) is 19.8 Å². The second-order valence-corrected chi connectivity index (χ2v) is 6.12. The Labute approximate surface area is 149 Å². The van der Waals surface area contributed by atoms with Crippen LogP contribution in [0.4, 0.5) is 10.1 Å². The van der Waals surface area contributed by atoms with Crippen LogP contribution in [0.2, 0.25) is 5.02 Å². The number of rotatable bonds is 5. The Morgan fingerprint density at radius 3 is 2.72 bits per heavy atom. The van der Waals surface area contributed by atoms with E-state index in [0.717, 1.165) is 5.56 Å². The van der Waals surface area contributed by atoms with E-state index in [9.17, 15) is 9.18 Å². The summed E-state index contributed by atoms with van der Waals surface area (Å²) in [4.78, 5) is 16.4. The van der Waals surface area contributed by atoms with Crippen molar-refractivity contribution in [3.8, 4) is 0 Å². The van der Waals surface area contributed by atoms with Crippen molar-refractivity contribution >= 4 is 23.2 Å². The van der Waals surface area contributed by atoms with Gasteiger partial charge in [-0.1, -0.05) is 41.4 Å². The largest absolute Gasteiger partial charge is 0.326 e. The van der Waals surface area contributed by atoms with Gasteiger partial charge in [0.2, 0.25) is 5.91 Å². The monoisotopic (exact) mass is 358 g/mol. The highest BCUT2D eigenvalue weighted by Gasteiger charge is 2.11. The number of carbonyl (C=O) groups excluding carboxylic acids is 1. The van der Waals surface area contributed by atoms with Crippen molar-refractivity contribution < 1.29 is 9.18 Å². The maximum absolute atomic E-state index is 13.1. The molecular formula is C18H16ClFN4O. The third-order valence-electron chi connectivity index (χ3n) is 3.59. The first kappa shape index (κ1) is 17.1. The molecule has 1 amide bonds. The van der Waals surface area contributed by atoms with Gasteiger partial charge in [0.1, 0.15) is 11.6 Å². The van der Waals surface area contributed by atoms with Crippen molar-refractivity contribution in [1.29, 1.82) is 0 Å². The molecule has 128 valence electrons. The third kappa shape index (κ3) is 4.64. The van der Waals surface area contributed by atoms with Crippen LogP contribution in [0.3, 0.4) is 0 Å². The molecule has 0 radical (unpaired) electrons. The van der Waals surface area contributed by atoms with E-state index in [1.165, 1.54) is 23.8 Å². The number of hydrogen-bond donors (Lipinski definition) is 2. The molecule has 1 aromatic heterocycles. The van der Waals surface area contributed by atoms with Crippen LogP contribution in [0.15, 0.2) is 42.5 Å². The lowest BCUT2D eigenvalue weighted by atomic mass is 10.1. The van der Waals surface area contributed by atoms with Crippen LogP contribution in [0, 0.1) is 12.7 Å². The minimum atomic E-state index is -0.533. The molecule has 25 heavy (non-hydrogen) atoms. The van der Waals surface area contributed by atoms with Gasteiger partial charge in [-0.25, -0.2) is 9.37 Å². The van der Waals surface area contributed by atoms with Crippen LogP contribution in [0.5, 0.6) is 0 Å². The Morgan fingerprint density at radius 2 is 2.00 bits per heavy atom. The first-order valence-electron chi connectivity index (χ1n) is 7.70. The van der Waals surface area contributed by atoms with Gasteiger partial charge in [0.15, 0.2) is 5.82 Å². The molecule has 3 rings (SSSR count). The molecule has 0 aliphatic carbocycles. The van der Waals surface area contributed by atoms with Crippen LogP contribution in [0.25, 0.3) is 0 Å². The fourth-order valence-electron chi connectivity index (χ4n) is 2.31. The number of anilines is 1. The number of nitrogens with one attached hydrogen (secondary N) is 2. The molecule has 0 unspecified atom stereocenters. The van der Waals surface area contributed by atoms with E-state index < -0.39 is 5.82 Å². The summed E-state index contributed by atoms with van der Waals surface area (Å²) in [6.45, 7) is 2.03. The summed E-state index contributed by atoms with van der Waals surface area (Å²) in [5.41, 5.74) is 2.73. The second-order valence-electron chi connectivity index (χ2n) is 5.71. The summed E-state index contributed by atoms with van der Waals surface area (Å²) < 4.78 is 13.1. The summed E-state index contributed by atoms with van der Waals surface area (Å²) in [5, 5.41) is 9.50. The molecule has 0 fully saturated rings. The average Bonchev–Trinajstić information content (AvgIpc) is 3.00. The normalized spacial score (nSPS) is 10.7. The molecule has 7 heteroatoms. The molecule has 3 aromatic rings. The fourth-order valence-corrected chi connectivity index (χ4v) is 2.50. The van der Waals surface area contributed by atoms with Gasteiger partial charge in [0.25, 0.3) is 0 Å². The number of halogens is 2. The minimum absolute atomic E-state index is 0.0133. The van der Waals surface area contributed by atoms with Gasteiger partial charge in [0, 0.05) is 12.1 Å². The quantitative estimate of drug-likeness (QED) is 0.731. The van der Waals surface area contributed by atoms with E-state index in [2.05, 4.69) is 20.5 Å². The molecule has 0 saturated heterocycles. The molecular weight excluding hydrogens is 343 g/mol. The van der Waals surface area contributed by atoms with Crippen LogP contribution in [-0.4, -0.2) is 21.1 Å². The summed E-state index contributed by atoms with van der Waals surface area (Å²) in [5.74, 6) is 0.252. The third-order valence-corrected chi connectivity index (χ3v) is 3.88. The standard InChI is InChI=1S/C18H16ClFN4O/c1-11-2-4-12(5-3-11)8-16-22-17(24-23-16)10-18(25)21-13-6-7-15(20)14(19)9-13/h2-7,9H,8,10H2,1H3,(H,21,25)(H,22,23,24). The van der Waals surface area contributed by atoms with Crippen LogP contribution in [-0.2, 0) is 17.6 Å². The summed E-state index contributed by atoms with van der Waals surface area (Å²) >= 11 is 5.69. The van der Waals surface area contributed by atoms with E-state index >= 15 is 0 Å². The van der Waals surface area contributed by atoms with Gasteiger partial charge in [-0.2, -0.15) is 5.10 Å². The summed E-state index contributed by atoms with van der Waals surface area (Å²) in [6, 6.07) is 12.1. The zero-order valence-electron chi connectivity index (χ0n) is 13.5. The lowest BCUT2D eigenvalue weighted by Crippen LogP contribution is -2.15. The van der Waals surface area contributed by atoms with Crippen molar-refractivity contribution in [3.63, 3.8) is 0 Å². The predicted molar refractivity (Wildman–Crippen MR) is 94.1 cm³/mol. The average molecular weight is 359 g/mol. The van der Waals surface area contributed by atoms with Gasteiger partial charge >= 0.3 is 0 Å². The number of H-pyrrole nitrogens is 1. The maximum Gasteiger partial charge on any atom is 0.232 e. The first-order chi connectivity index (χ1) is 12.0. The number of aromatic amines is 1. The Morgan fingerprint density at radius 1 is 1.24 bits per heavy atom. The molecule has 0 atom stereocenters. The van der Waals surface area contributed by atoms with Crippen molar-refractivity contribution in [3.05, 3.63) is 76.1 Å². The van der Waals surface area contributed by atoms with Crippen molar-refractivity contribution in [1.82, 2.24) is 15.2 Å². The van der Waals surface area contributed by atoms with Gasteiger partial charge < -0.3 is 5.32 Å². The molecule has 2 aromatic carbocycles. The van der Waals surface area contributed by atoms with E-state index in [1.807, 2.05) is 31.2 Å². The highest BCUT2D eigenvalue weighted by molar-refractivity contribution is 6.31. The predicted octanol–water partition coefficient (Wildman–Crippen LogP) is 3.68. The van der Waals surface area contributed by atoms with Gasteiger partial charge in [-0.3, -0.25) is 9.89 Å². The van der Waals surface area contributed by atoms with Gasteiger partial charge in [-0.15, -0.1) is 0 Å². The fraction of sp³-hybridized carbons (Fsp3) is 0.167. The van der Waals surface area contributed by atoms with Crippen molar-refractivity contribution in [2.75, 3.05) is 5.32 Å². The SMILES string of the molecule is Cc1ccc(Cc2nc(CC(=O)Nc3ccc(F)c(Cl)c3)n[nH]2)cc1. The molecule has 0 spiro atoms. The van der Waals surface area contributed by atoms with Gasteiger partial charge in [0.05, 0.1) is 11.4 Å². The number of carbonyl (C=O) groups is 1. The number of aromatic nitrogens is 3. The number of aryl methyl sites for hydroxylation is 1. The number of amides is 1. The minimum Gasteiger partial charge on any atom is -0.326 e. The highest BCUT2D eigenvalue weighted by atomic mass is 35.5. The summed E-state index contributed by atoms with van der Waals surface area (Å²) in [6.07, 6.45) is 0.627. The first-order valence-corrected chi connectivity index (χ1v) is 8.08. The Hall–Kier alpha value is -2.73. The van der Waals surface area contributed by atoms with E-state index in [0.29, 0.717) is 23.8 Å². The molecule has 0 saturated carbocycles. The van der Waals surface area contributed by atoms with E-state index in [4.69, 9.17) is 11.6 Å².